The third-order valence-corrected chi connectivity index (χ3v) is 2.65. The smallest absolute Gasteiger partial charge is 0.153 e. The molecule has 0 aliphatic carbocycles. The SMILES string of the molecule is CC(C)c1ncn(C(C)(C)n2cccn2)n1. The third kappa shape index (κ3) is 1.73. The molecule has 2 aromatic rings. The Hall–Kier alpha value is -1.65. The summed E-state index contributed by atoms with van der Waals surface area (Å²) in [6.45, 7) is 8.28. The topological polar surface area (TPSA) is 48.5 Å². The molecule has 0 N–H and O–H groups in total. The van der Waals surface area contributed by atoms with Crippen LogP contribution in [0.5, 0.6) is 0 Å². The van der Waals surface area contributed by atoms with Gasteiger partial charge in [0.25, 0.3) is 0 Å². The first kappa shape index (κ1) is 10.9. The molecule has 86 valence electrons. The molecule has 0 atom stereocenters. The van der Waals surface area contributed by atoms with E-state index in [2.05, 4.69) is 42.9 Å². The number of nitrogens with zero attached hydrogens (tertiary/aromatic N) is 5. The van der Waals surface area contributed by atoms with Crippen LogP contribution >= 0.6 is 0 Å². The van der Waals surface area contributed by atoms with E-state index in [0.717, 1.165) is 5.82 Å². The summed E-state index contributed by atoms with van der Waals surface area (Å²) in [6.07, 6.45) is 5.45. The minimum Gasteiger partial charge on any atom is -0.246 e. The Morgan fingerprint density at radius 3 is 2.50 bits per heavy atom. The van der Waals surface area contributed by atoms with Gasteiger partial charge >= 0.3 is 0 Å². The Bertz CT molecular complexity index is 452. The van der Waals surface area contributed by atoms with Crippen LogP contribution in [0.25, 0.3) is 0 Å². The average Bonchev–Trinajstić information content (AvgIpc) is 2.90. The van der Waals surface area contributed by atoms with E-state index in [1.807, 2.05) is 21.6 Å². The highest BCUT2D eigenvalue weighted by Gasteiger charge is 2.24. The lowest BCUT2D eigenvalue weighted by molar-refractivity contribution is 0.233. The summed E-state index contributed by atoms with van der Waals surface area (Å²) in [7, 11) is 0. The molecule has 0 saturated heterocycles. The normalized spacial score (nSPS) is 12.3. The summed E-state index contributed by atoms with van der Waals surface area (Å²) in [5.41, 5.74) is -0.330. The van der Waals surface area contributed by atoms with Crippen molar-refractivity contribution in [3.63, 3.8) is 0 Å². The summed E-state index contributed by atoms with van der Waals surface area (Å²) in [5, 5.41) is 8.73. The van der Waals surface area contributed by atoms with Crippen molar-refractivity contribution in [1.82, 2.24) is 24.5 Å². The van der Waals surface area contributed by atoms with Gasteiger partial charge in [-0.1, -0.05) is 13.8 Å². The Balaban J connectivity index is 2.36. The zero-order valence-corrected chi connectivity index (χ0v) is 10.1. The van der Waals surface area contributed by atoms with Gasteiger partial charge in [0.2, 0.25) is 0 Å². The highest BCUT2D eigenvalue weighted by atomic mass is 15.5. The Kier molecular flexibility index (Phi) is 2.53. The monoisotopic (exact) mass is 219 g/mol. The lowest BCUT2D eigenvalue weighted by atomic mass is 10.2. The van der Waals surface area contributed by atoms with Crippen LogP contribution in [-0.2, 0) is 5.66 Å². The van der Waals surface area contributed by atoms with Crippen molar-refractivity contribution < 1.29 is 0 Å². The lowest BCUT2D eigenvalue weighted by Gasteiger charge is -2.25. The van der Waals surface area contributed by atoms with Gasteiger partial charge in [0.15, 0.2) is 5.82 Å². The van der Waals surface area contributed by atoms with Gasteiger partial charge in [-0.2, -0.15) is 10.2 Å². The fourth-order valence-electron chi connectivity index (χ4n) is 1.50. The summed E-state index contributed by atoms with van der Waals surface area (Å²) < 4.78 is 3.71. The van der Waals surface area contributed by atoms with E-state index in [9.17, 15) is 0 Å². The number of hydrogen-bond donors (Lipinski definition) is 0. The highest BCUT2D eigenvalue weighted by Crippen LogP contribution is 2.17. The minimum atomic E-state index is -0.330. The lowest BCUT2D eigenvalue weighted by Crippen LogP contribution is -2.35. The fraction of sp³-hybridized carbons (Fsp3) is 0.545. The van der Waals surface area contributed by atoms with Crippen LogP contribution in [0.2, 0.25) is 0 Å². The molecule has 0 aliphatic heterocycles. The second-order valence-corrected chi connectivity index (χ2v) is 4.65. The molecule has 0 saturated carbocycles. The van der Waals surface area contributed by atoms with Crippen LogP contribution in [0.15, 0.2) is 24.8 Å². The van der Waals surface area contributed by atoms with E-state index in [1.54, 1.807) is 12.5 Å². The Morgan fingerprint density at radius 1 is 1.25 bits per heavy atom. The molecule has 0 amide bonds. The van der Waals surface area contributed by atoms with E-state index in [1.165, 1.54) is 0 Å². The predicted molar refractivity (Wildman–Crippen MR) is 61.1 cm³/mol. The zero-order chi connectivity index (χ0) is 11.8. The van der Waals surface area contributed by atoms with Crippen molar-refractivity contribution in [2.45, 2.75) is 39.3 Å². The van der Waals surface area contributed by atoms with Gasteiger partial charge in [-0.25, -0.2) is 14.3 Å². The van der Waals surface area contributed by atoms with Crippen molar-refractivity contribution in [2.24, 2.45) is 0 Å². The van der Waals surface area contributed by atoms with Crippen molar-refractivity contribution >= 4 is 0 Å². The Morgan fingerprint density at radius 2 is 2.00 bits per heavy atom. The van der Waals surface area contributed by atoms with Crippen LogP contribution < -0.4 is 0 Å². The largest absolute Gasteiger partial charge is 0.246 e. The average molecular weight is 219 g/mol. The molecule has 16 heavy (non-hydrogen) atoms. The molecule has 2 aromatic heterocycles. The van der Waals surface area contributed by atoms with Crippen molar-refractivity contribution in [3.05, 3.63) is 30.6 Å². The van der Waals surface area contributed by atoms with Gasteiger partial charge < -0.3 is 0 Å². The van der Waals surface area contributed by atoms with Crippen LogP contribution in [0, 0.1) is 0 Å². The summed E-state index contributed by atoms with van der Waals surface area (Å²) in [4.78, 5) is 4.30. The maximum atomic E-state index is 4.48. The molecular weight excluding hydrogens is 202 g/mol. The van der Waals surface area contributed by atoms with Gasteiger partial charge in [0.1, 0.15) is 12.0 Å². The highest BCUT2D eigenvalue weighted by molar-refractivity contribution is 4.93. The van der Waals surface area contributed by atoms with E-state index < -0.39 is 0 Å². The maximum absolute atomic E-state index is 4.48. The summed E-state index contributed by atoms with van der Waals surface area (Å²) in [6, 6.07) is 1.90. The van der Waals surface area contributed by atoms with Crippen LogP contribution in [0.4, 0.5) is 0 Å². The molecular formula is C11H17N5. The first-order chi connectivity index (χ1) is 7.51. The Labute approximate surface area is 95.1 Å². The molecule has 0 aromatic carbocycles. The predicted octanol–water partition coefficient (Wildman–Crippen LogP) is 1.84. The van der Waals surface area contributed by atoms with Gasteiger partial charge in [0, 0.05) is 18.3 Å². The summed E-state index contributed by atoms with van der Waals surface area (Å²) >= 11 is 0. The number of rotatable bonds is 3. The molecule has 5 nitrogen and oxygen atoms in total. The van der Waals surface area contributed by atoms with Crippen molar-refractivity contribution in [2.75, 3.05) is 0 Å². The number of hydrogen-bond acceptors (Lipinski definition) is 3. The minimum absolute atomic E-state index is 0.330. The van der Waals surface area contributed by atoms with Gasteiger partial charge in [-0.05, 0) is 19.9 Å². The van der Waals surface area contributed by atoms with Crippen LogP contribution in [-0.4, -0.2) is 24.5 Å². The third-order valence-electron chi connectivity index (χ3n) is 2.65. The van der Waals surface area contributed by atoms with E-state index in [4.69, 9.17) is 0 Å². The molecule has 0 unspecified atom stereocenters. The van der Waals surface area contributed by atoms with Gasteiger partial charge in [-0.15, -0.1) is 0 Å². The quantitative estimate of drug-likeness (QED) is 0.791. The molecule has 2 heterocycles. The summed E-state index contributed by atoms with van der Waals surface area (Å²) in [5.74, 6) is 1.20. The molecule has 5 heteroatoms. The molecule has 0 radical (unpaired) electrons. The van der Waals surface area contributed by atoms with E-state index in [-0.39, 0.29) is 5.66 Å². The van der Waals surface area contributed by atoms with Crippen LogP contribution in [0.3, 0.4) is 0 Å². The second kappa shape index (κ2) is 3.73. The molecule has 0 aliphatic rings. The van der Waals surface area contributed by atoms with Gasteiger partial charge in [-0.3, -0.25) is 0 Å². The first-order valence-corrected chi connectivity index (χ1v) is 5.44. The molecule has 0 spiro atoms. The zero-order valence-electron chi connectivity index (χ0n) is 10.1. The first-order valence-electron chi connectivity index (χ1n) is 5.44. The molecule has 0 fully saturated rings. The van der Waals surface area contributed by atoms with Crippen molar-refractivity contribution in [1.29, 1.82) is 0 Å². The van der Waals surface area contributed by atoms with E-state index in [0.29, 0.717) is 5.92 Å². The molecule has 2 rings (SSSR count). The fourth-order valence-corrected chi connectivity index (χ4v) is 1.50. The van der Waals surface area contributed by atoms with E-state index >= 15 is 0 Å². The molecule has 0 bridgehead atoms. The van der Waals surface area contributed by atoms with Crippen molar-refractivity contribution in [3.8, 4) is 0 Å². The standard InChI is InChI=1S/C11H17N5/c1-9(2)10-12-8-16(14-10)11(3,4)15-7-5-6-13-15/h5-9H,1-4H3. The van der Waals surface area contributed by atoms with Gasteiger partial charge in [0.05, 0.1) is 0 Å². The second-order valence-electron chi connectivity index (χ2n) is 4.65. The number of aromatic nitrogens is 5. The van der Waals surface area contributed by atoms with Crippen LogP contribution in [0.1, 0.15) is 39.4 Å². The maximum Gasteiger partial charge on any atom is 0.153 e.